The summed E-state index contributed by atoms with van der Waals surface area (Å²) in [6.45, 7) is 6.80. The molecule has 0 bridgehead atoms. The van der Waals surface area contributed by atoms with Crippen LogP contribution in [-0.2, 0) is 0 Å². The molecule has 0 aromatic carbocycles. The van der Waals surface area contributed by atoms with Crippen molar-refractivity contribution in [1.29, 1.82) is 0 Å². The van der Waals surface area contributed by atoms with Crippen molar-refractivity contribution in [3.05, 3.63) is 0 Å². The van der Waals surface area contributed by atoms with Crippen LogP contribution in [0.2, 0.25) is 0 Å². The molecule has 0 unspecified atom stereocenters. The predicted molar refractivity (Wildman–Crippen MR) is 52.5 cm³/mol. The molecule has 0 spiro atoms. The molecule has 0 aliphatic carbocycles. The SMILES string of the molecule is CC=NN(CC(C)C)C(N)=S. The molecule has 2 N–H and O–H groups in total. The monoisotopic (exact) mass is 173 g/mol. The Bertz CT molecular complexity index is 154. The van der Waals surface area contributed by atoms with Gasteiger partial charge in [-0.2, -0.15) is 5.10 Å². The molecule has 0 amide bonds. The summed E-state index contributed by atoms with van der Waals surface area (Å²) >= 11 is 4.79. The lowest BCUT2D eigenvalue weighted by Gasteiger charge is -2.18. The zero-order valence-corrected chi connectivity index (χ0v) is 8.06. The maximum Gasteiger partial charge on any atom is 0.186 e. The smallest absolute Gasteiger partial charge is 0.186 e. The van der Waals surface area contributed by atoms with Gasteiger partial charge >= 0.3 is 0 Å². The van der Waals surface area contributed by atoms with Crippen LogP contribution in [0.25, 0.3) is 0 Å². The van der Waals surface area contributed by atoms with Crippen molar-refractivity contribution in [1.82, 2.24) is 5.01 Å². The maximum atomic E-state index is 5.41. The number of rotatable bonds is 3. The average molecular weight is 173 g/mol. The molecule has 3 nitrogen and oxygen atoms in total. The molecule has 0 aliphatic heterocycles. The standard InChI is InChI=1S/C7H15N3S/c1-4-9-10(7(8)11)5-6(2)3/h4,6H,5H2,1-3H3,(H2,8,11). The highest BCUT2D eigenvalue weighted by molar-refractivity contribution is 7.80. The van der Waals surface area contributed by atoms with Gasteiger partial charge in [-0.1, -0.05) is 13.8 Å². The Hall–Kier alpha value is -0.640. The van der Waals surface area contributed by atoms with E-state index < -0.39 is 0 Å². The van der Waals surface area contributed by atoms with Gasteiger partial charge in [0, 0.05) is 12.8 Å². The largest absolute Gasteiger partial charge is 0.375 e. The molecule has 0 radical (unpaired) electrons. The van der Waals surface area contributed by atoms with E-state index in [-0.39, 0.29) is 0 Å². The third-order valence-electron chi connectivity index (χ3n) is 1.05. The second-order valence-electron chi connectivity index (χ2n) is 2.69. The van der Waals surface area contributed by atoms with Crippen molar-refractivity contribution in [3.8, 4) is 0 Å². The van der Waals surface area contributed by atoms with E-state index >= 15 is 0 Å². The van der Waals surface area contributed by atoms with E-state index in [9.17, 15) is 0 Å². The second-order valence-corrected chi connectivity index (χ2v) is 3.11. The van der Waals surface area contributed by atoms with Crippen LogP contribution in [-0.4, -0.2) is 22.9 Å². The van der Waals surface area contributed by atoms with Crippen molar-refractivity contribution in [2.75, 3.05) is 6.54 Å². The van der Waals surface area contributed by atoms with E-state index in [0.717, 1.165) is 6.54 Å². The Labute approximate surface area is 73.3 Å². The van der Waals surface area contributed by atoms with Crippen LogP contribution < -0.4 is 5.73 Å². The van der Waals surface area contributed by atoms with Gasteiger partial charge in [0.1, 0.15) is 0 Å². The zero-order valence-electron chi connectivity index (χ0n) is 7.24. The quantitative estimate of drug-likeness (QED) is 0.396. The zero-order chi connectivity index (χ0) is 8.85. The van der Waals surface area contributed by atoms with E-state index in [0.29, 0.717) is 11.0 Å². The fourth-order valence-electron chi connectivity index (χ4n) is 0.679. The van der Waals surface area contributed by atoms with Crippen LogP contribution in [0.5, 0.6) is 0 Å². The fraction of sp³-hybridized carbons (Fsp3) is 0.714. The molecule has 0 saturated heterocycles. The van der Waals surface area contributed by atoms with Gasteiger partial charge in [0.25, 0.3) is 0 Å². The number of nitrogens with zero attached hydrogens (tertiary/aromatic N) is 2. The van der Waals surface area contributed by atoms with Gasteiger partial charge in [-0.3, -0.25) is 0 Å². The Kier molecular flexibility index (Phi) is 4.77. The Morgan fingerprint density at radius 2 is 2.27 bits per heavy atom. The lowest BCUT2D eigenvalue weighted by Crippen LogP contribution is -2.33. The number of nitrogens with two attached hydrogens (primary N) is 1. The van der Waals surface area contributed by atoms with E-state index in [1.165, 1.54) is 0 Å². The molecular weight excluding hydrogens is 158 g/mol. The molecule has 0 aromatic heterocycles. The molecule has 11 heavy (non-hydrogen) atoms. The lowest BCUT2D eigenvalue weighted by molar-refractivity contribution is 0.386. The van der Waals surface area contributed by atoms with Gasteiger partial charge in [0.2, 0.25) is 0 Å². The summed E-state index contributed by atoms with van der Waals surface area (Å²) in [5.41, 5.74) is 5.41. The molecule has 4 heteroatoms. The van der Waals surface area contributed by atoms with E-state index in [2.05, 4.69) is 18.9 Å². The van der Waals surface area contributed by atoms with Gasteiger partial charge < -0.3 is 5.73 Å². The average Bonchev–Trinajstić information content (AvgIpc) is 1.86. The first-order valence-electron chi connectivity index (χ1n) is 3.63. The van der Waals surface area contributed by atoms with Crippen LogP contribution in [0.4, 0.5) is 0 Å². The van der Waals surface area contributed by atoms with E-state index in [1.807, 2.05) is 6.92 Å². The van der Waals surface area contributed by atoms with Crippen LogP contribution >= 0.6 is 12.2 Å². The van der Waals surface area contributed by atoms with Gasteiger partial charge in [-0.05, 0) is 25.1 Å². The summed E-state index contributed by atoms with van der Waals surface area (Å²) in [4.78, 5) is 0. The minimum atomic E-state index is 0.330. The van der Waals surface area contributed by atoms with Gasteiger partial charge in [-0.25, -0.2) is 5.01 Å². The summed E-state index contributed by atoms with van der Waals surface area (Å²) in [5.74, 6) is 0.514. The molecule has 0 heterocycles. The Balaban J connectivity index is 4.00. The Morgan fingerprint density at radius 3 is 2.55 bits per heavy atom. The van der Waals surface area contributed by atoms with Crippen molar-refractivity contribution in [3.63, 3.8) is 0 Å². The first-order chi connectivity index (χ1) is 5.07. The van der Waals surface area contributed by atoms with Crippen molar-refractivity contribution < 1.29 is 0 Å². The summed E-state index contributed by atoms with van der Waals surface area (Å²) in [7, 11) is 0. The highest BCUT2D eigenvalue weighted by Gasteiger charge is 2.04. The number of thiocarbonyl (C=S) groups is 1. The molecular formula is C7H15N3S. The van der Waals surface area contributed by atoms with Gasteiger partial charge in [0.05, 0.1) is 0 Å². The summed E-state index contributed by atoms with van der Waals surface area (Å²) in [5, 5.41) is 5.96. The topological polar surface area (TPSA) is 41.6 Å². The second kappa shape index (κ2) is 5.07. The van der Waals surface area contributed by atoms with Crippen LogP contribution in [0.1, 0.15) is 20.8 Å². The maximum absolute atomic E-state index is 5.41. The molecule has 0 atom stereocenters. The Morgan fingerprint density at radius 1 is 1.73 bits per heavy atom. The number of hydrogen-bond acceptors (Lipinski definition) is 2. The highest BCUT2D eigenvalue weighted by atomic mass is 32.1. The van der Waals surface area contributed by atoms with Gasteiger partial charge in [0.15, 0.2) is 5.11 Å². The predicted octanol–water partition coefficient (Wildman–Crippen LogP) is 1.19. The summed E-state index contributed by atoms with van der Waals surface area (Å²) < 4.78 is 0. The summed E-state index contributed by atoms with van der Waals surface area (Å²) in [6.07, 6.45) is 1.68. The van der Waals surface area contributed by atoms with Crippen molar-refractivity contribution in [2.45, 2.75) is 20.8 Å². The van der Waals surface area contributed by atoms with E-state index in [4.69, 9.17) is 18.0 Å². The molecule has 0 aromatic rings. The molecule has 0 fully saturated rings. The van der Waals surface area contributed by atoms with Crippen molar-refractivity contribution >= 4 is 23.5 Å². The minimum absolute atomic E-state index is 0.330. The molecule has 0 rings (SSSR count). The first kappa shape index (κ1) is 10.4. The molecule has 64 valence electrons. The summed E-state index contributed by atoms with van der Waals surface area (Å²) in [6, 6.07) is 0. The highest BCUT2D eigenvalue weighted by Crippen LogP contribution is 1.98. The fourth-order valence-corrected chi connectivity index (χ4v) is 0.801. The minimum Gasteiger partial charge on any atom is -0.375 e. The number of hydrogen-bond donors (Lipinski definition) is 1. The molecule has 0 aliphatic rings. The van der Waals surface area contributed by atoms with Gasteiger partial charge in [-0.15, -0.1) is 0 Å². The lowest BCUT2D eigenvalue weighted by atomic mass is 10.2. The van der Waals surface area contributed by atoms with Crippen LogP contribution in [0, 0.1) is 5.92 Å². The third kappa shape index (κ3) is 4.72. The van der Waals surface area contributed by atoms with E-state index in [1.54, 1.807) is 11.2 Å². The van der Waals surface area contributed by atoms with Crippen LogP contribution in [0.3, 0.4) is 0 Å². The van der Waals surface area contributed by atoms with Crippen LogP contribution in [0.15, 0.2) is 5.10 Å². The first-order valence-corrected chi connectivity index (χ1v) is 4.04. The third-order valence-corrected chi connectivity index (χ3v) is 1.26. The normalized spacial score (nSPS) is 10.9. The number of hydrazone groups is 1. The molecule has 0 saturated carbocycles. The van der Waals surface area contributed by atoms with Crippen molar-refractivity contribution in [2.24, 2.45) is 16.8 Å².